The van der Waals surface area contributed by atoms with E-state index in [9.17, 15) is 26.4 Å². The van der Waals surface area contributed by atoms with Crippen LogP contribution in [-0.2, 0) is 27.4 Å². The van der Waals surface area contributed by atoms with Crippen LogP contribution in [0.15, 0.2) is 83.8 Å². The summed E-state index contributed by atoms with van der Waals surface area (Å²) in [6.45, 7) is 1.54. The highest BCUT2D eigenvalue weighted by Crippen LogP contribution is 2.32. The lowest BCUT2D eigenvalue weighted by atomic mass is 10.1. The first-order valence-electron chi connectivity index (χ1n) is 12.1. The molecule has 202 valence electrons. The first-order chi connectivity index (χ1) is 18.1. The summed E-state index contributed by atoms with van der Waals surface area (Å²) in [4.78, 5) is 16.1. The van der Waals surface area contributed by atoms with Gasteiger partial charge in [-0.05, 0) is 54.4 Å². The number of benzene rings is 3. The Morgan fingerprint density at radius 3 is 2.24 bits per heavy atom. The normalized spacial score (nSPS) is 14.4. The number of sulfonamides is 1. The molecule has 11 heteroatoms. The molecule has 1 aliphatic rings. The standard InChI is InChI=1S/C27H28F3N3O4S/c28-27(29,30)22-7-4-8-23(19-22)32-15-17-33(18-16-32)26(34)20-37-24-9-11-25(12-10-24)38(35,36)31-14-13-21-5-2-1-3-6-21/h1-12,19,31H,13-18,20H2. The summed E-state index contributed by atoms with van der Waals surface area (Å²) in [5, 5.41) is 0. The molecule has 3 aromatic rings. The third-order valence-electron chi connectivity index (χ3n) is 6.22. The van der Waals surface area contributed by atoms with Crippen LogP contribution in [0.4, 0.5) is 18.9 Å². The van der Waals surface area contributed by atoms with Crippen LogP contribution in [0, 0.1) is 0 Å². The number of nitrogens with one attached hydrogen (secondary N) is 1. The summed E-state index contributed by atoms with van der Waals surface area (Å²) < 4.78 is 72.2. The molecule has 0 bridgehead atoms. The highest BCUT2D eigenvalue weighted by atomic mass is 32.2. The van der Waals surface area contributed by atoms with Crippen molar-refractivity contribution in [2.24, 2.45) is 0 Å². The first kappa shape index (κ1) is 27.5. The van der Waals surface area contributed by atoms with Crippen LogP contribution >= 0.6 is 0 Å². The Morgan fingerprint density at radius 2 is 1.58 bits per heavy atom. The number of halogens is 3. The molecule has 0 saturated carbocycles. The van der Waals surface area contributed by atoms with Crippen LogP contribution in [0.1, 0.15) is 11.1 Å². The zero-order valence-corrected chi connectivity index (χ0v) is 21.3. The van der Waals surface area contributed by atoms with Gasteiger partial charge in [-0.3, -0.25) is 4.79 Å². The second kappa shape index (κ2) is 11.9. The van der Waals surface area contributed by atoms with Crippen LogP contribution in [0.3, 0.4) is 0 Å². The fourth-order valence-corrected chi connectivity index (χ4v) is 5.13. The van der Waals surface area contributed by atoms with E-state index < -0.39 is 21.8 Å². The van der Waals surface area contributed by atoms with E-state index in [1.807, 2.05) is 35.2 Å². The van der Waals surface area contributed by atoms with E-state index in [0.29, 0.717) is 44.0 Å². The predicted molar refractivity (Wildman–Crippen MR) is 138 cm³/mol. The smallest absolute Gasteiger partial charge is 0.416 e. The lowest BCUT2D eigenvalue weighted by Gasteiger charge is -2.36. The maximum Gasteiger partial charge on any atom is 0.416 e. The number of nitrogens with zero attached hydrogens (tertiary/aromatic N) is 2. The number of ether oxygens (including phenoxy) is 1. The zero-order chi connectivity index (χ0) is 27.2. The van der Waals surface area contributed by atoms with E-state index in [4.69, 9.17) is 4.74 Å². The van der Waals surface area contributed by atoms with Gasteiger partial charge in [-0.2, -0.15) is 13.2 Å². The third kappa shape index (κ3) is 7.26. The number of rotatable bonds is 9. The number of carbonyl (C=O) groups excluding carboxylic acids is 1. The van der Waals surface area contributed by atoms with Crippen molar-refractivity contribution in [1.82, 2.24) is 9.62 Å². The number of amides is 1. The maximum atomic E-state index is 13.0. The second-order valence-corrected chi connectivity index (χ2v) is 10.6. The Kier molecular flexibility index (Phi) is 8.58. The fourth-order valence-electron chi connectivity index (χ4n) is 4.10. The van der Waals surface area contributed by atoms with Crippen molar-refractivity contribution < 1.29 is 31.1 Å². The highest BCUT2D eigenvalue weighted by molar-refractivity contribution is 7.89. The Hall–Kier alpha value is -3.57. The summed E-state index contributed by atoms with van der Waals surface area (Å²) in [5.74, 6) is 0.0946. The van der Waals surface area contributed by atoms with Crippen LogP contribution in [0.25, 0.3) is 0 Å². The van der Waals surface area contributed by atoms with E-state index in [1.165, 1.54) is 30.3 Å². The van der Waals surface area contributed by atoms with Crippen molar-refractivity contribution in [2.45, 2.75) is 17.5 Å². The molecule has 38 heavy (non-hydrogen) atoms. The lowest BCUT2D eigenvalue weighted by Crippen LogP contribution is -2.50. The topological polar surface area (TPSA) is 78.9 Å². The molecular formula is C27H28F3N3O4S. The van der Waals surface area contributed by atoms with Gasteiger partial charge < -0.3 is 14.5 Å². The second-order valence-electron chi connectivity index (χ2n) is 8.81. The van der Waals surface area contributed by atoms with Gasteiger partial charge in [0.1, 0.15) is 5.75 Å². The van der Waals surface area contributed by atoms with E-state index in [-0.39, 0.29) is 24.0 Å². The SMILES string of the molecule is O=C(COc1ccc(S(=O)(=O)NCCc2ccccc2)cc1)N1CCN(c2cccc(C(F)(F)F)c2)CC1. The van der Waals surface area contributed by atoms with Crippen molar-refractivity contribution in [2.75, 3.05) is 44.2 Å². The van der Waals surface area contributed by atoms with E-state index in [0.717, 1.165) is 17.7 Å². The summed E-state index contributed by atoms with van der Waals surface area (Å²) >= 11 is 0. The van der Waals surface area contributed by atoms with Crippen molar-refractivity contribution in [3.63, 3.8) is 0 Å². The first-order valence-corrected chi connectivity index (χ1v) is 13.6. The minimum atomic E-state index is -4.41. The molecule has 4 rings (SSSR count). The van der Waals surface area contributed by atoms with Gasteiger partial charge in [0.25, 0.3) is 5.91 Å². The highest BCUT2D eigenvalue weighted by Gasteiger charge is 2.31. The molecule has 0 aromatic heterocycles. The number of hydrogen-bond donors (Lipinski definition) is 1. The van der Waals surface area contributed by atoms with Crippen molar-refractivity contribution in [3.05, 3.63) is 90.0 Å². The minimum absolute atomic E-state index is 0.0925. The quantitative estimate of drug-likeness (QED) is 0.439. The van der Waals surface area contributed by atoms with Gasteiger partial charge in [0.15, 0.2) is 6.61 Å². The zero-order valence-electron chi connectivity index (χ0n) is 20.5. The van der Waals surface area contributed by atoms with E-state index in [1.54, 1.807) is 11.0 Å². The van der Waals surface area contributed by atoms with Crippen molar-refractivity contribution in [1.29, 1.82) is 0 Å². The summed E-state index contributed by atoms with van der Waals surface area (Å²) in [6.07, 6.45) is -3.84. The Labute approximate surface area is 219 Å². The fraction of sp³-hybridized carbons (Fsp3) is 0.296. The number of hydrogen-bond acceptors (Lipinski definition) is 5. The Bertz CT molecular complexity index is 1330. The Morgan fingerprint density at radius 1 is 0.895 bits per heavy atom. The van der Waals surface area contributed by atoms with Crippen LogP contribution in [0.2, 0.25) is 0 Å². The average molecular weight is 548 g/mol. The molecule has 1 saturated heterocycles. The average Bonchev–Trinajstić information content (AvgIpc) is 2.92. The molecule has 1 heterocycles. The molecule has 7 nitrogen and oxygen atoms in total. The molecule has 1 amide bonds. The largest absolute Gasteiger partial charge is 0.484 e. The molecule has 0 radical (unpaired) electrons. The molecular weight excluding hydrogens is 519 g/mol. The Balaban J connectivity index is 1.23. The summed E-state index contributed by atoms with van der Waals surface area (Å²) in [7, 11) is -3.68. The van der Waals surface area contributed by atoms with Crippen LogP contribution in [-0.4, -0.2) is 58.6 Å². The van der Waals surface area contributed by atoms with Crippen molar-refractivity contribution in [3.8, 4) is 5.75 Å². The molecule has 1 fully saturated rings. The maximum absolute atomic E-state index is 13.0. The van der Waals surface area contributed by atoms with Crippen LogP contribution in [0.5, 0.6) is 5.75 Å². The van der Waals surface area contributed by atoms with Gasteiger partial charge >= 0.3 is 6.18 Å². The molecule has 0 spiro atoms. The van der Waals surface area contributed by atoms with E-state index >= 15 is 0 Å². The number of piperazine rings is 1. The van der Waals surface area contributed by atoms with E-state index in [2.05, 4.69) is 4.72 Å². The van der Waals surface area contributed by atoms with Gasteiger partial charge in [0.05, 0.1) is 10.5 Å². The predicted octanol–water partition coefficient (Wildman–Crippen LogP) is 3.95. The number of anilines is 1. The summed E-state index contributed by atoms with van der Waals surface area (Å²) in [6, 6.07) is 20.5. The van der Waals surface area contributed by atoms with Crippen molar-refractivity contribution >= 4 is 21.6 Å². The molecule has 1 N–H and O–H groups in total. The third-order valence-corrected chi connectivity index (χ3v) is 7.69. The number of alkyl halides is 3. The molecule has 3 aromatic carbocycles. The molecule has 0 unspecified atom stereocenters. The number of carbonyl (C=O) groups is 1. The molecule has 0 aliphatic carbocycles. The lowest BCUT2D eigenvalue weighted by molar-refractivity contribution is -0.137. The van der Waals surface area contributed by atoms with Gasteiger partial charge in [-0.25, -0.2) is 13.1 Å². The van der Waals surface area contributed by atoms with Gasteiger partial charge in [-0.15, -0.1) is 0 Å². The molecule has 1 aliphatic heterocycles. The monoisotopic (exact) mass is 547 g/mol. The summed E-state index contributed by atoms with van der Waals surface area (Å²) in [5.41, 5.74) is 0.789. The van der Waals surface area contributed by atoms with Crippen LogP contribution < -0.4 is 14.4 Å². The van der Waals surface area contributed by atoms with Gasteiger partial charge in [-0.1, -0.05) is 36.4 Å². The van der Waals surface area contributed by atoms with Gasteiger partial charge in [0, 0.05) is 38.4 Å². The minimum Gasteiger partial charge on any atom is -0.484 e. The van der Waals surface area contributed by atoms with Gasteiger partial charge in [0.2, 0.25) is 10.0 Å². The molecule has 0 atom stereocenters.